The number of aryl methyl sites for hydroxylation is 1. The van der Waals surface area contributed by atoms with Gasteiger partial charge in [-0.1, -0.05) is 30.9 Å². The third kappa shape index (κ3) is 6.24. The van der Waals surface area contributed by atoms with Gasteiger partial charge in [-0.2, -0.15) is 0 Å². The zero-order valence-electron chi connectivity index (χ0n) is 14.9. The number of carbonyl (C=O) groups is 2. The lowest BCUT2D eigenvalue weighted by atomic mass is 9.89. The van der Waals surface area contributed by atoms with Gasteiger partial charge >= 0.3 is 0 Å². The SMILES string of the molecule is Cc1cc(OC(C)C(=O)NCCNC(=O)C2CCCCC2)ccc1Cl. The van der Waals surface area contributed by atoms with Crippen LogP contribution in [-0.2, 0) is 9.59 Å². The topological polar surface area (TPSA) is 67.4 Å². The second kappa shape index (κ2) is 9.66. The Morgan fingerprint density at radius 1 is 1.20 bits per heavy atom. The largest absolute Gasteiger partial charge is 0.481 e. The molecule has 0 aliphatic heterocycles. The Bertz CT molecular complexity index is 600. The van der Waals surface area contributed by atoms with E-state index in [1.54, 1.807) is 25.1 Å². The molecule has 1 aromatic rings. The molecular formula is C19H27ClN2O3. The Kier molecular flexibility index (Phi) is 7.56. The van der Waals surface area contributed by atoms with Gasteiger partial charge in [-0.05, 0) is 50.5 Å². The van der Waals surface area contributed by atoms with Crippen LogP contribution in [0.3, 0.4) is 0 Å². The summed E-state index contributed by atoms with van der Waals surface area (Å²) in [6.45, 7) is 4.41. The summed E-state index contributed by atoms with van der Waals surface area (Å²) in [5.41, 5.74) is 0.900. The Morgan fingerprint density at radius 2 is 1.88 bits per heavy atom. The summed E-state index contributed by atoms with van der Waals surface area (Å²) in [5, 5.41) is 6.35. The van der Waals surface area contributed by atoms with Gasteiger partial charge in [0.1, 0.15) is 5.75 Å². The van der Waals surface area contributed by atoms with E-state index >= 15 is 0 Å². The Labute approximate surface area is 154 Å². The summed E-state index contributed by atoms with van der Waals surface area (Å²) in [5.74, 6) is 0.643. The number of carbonyl (C=O) groups excluding carboxylic acids is 2. The normalized spacial score (nSPS) is 16.1. The lowest BCUT2D eigenvalue weighted by molar-refractivity contribution is -0.128. The minimum atomic E-state index is -0.616. The molecule has 2 rings (SSSR count). The Hall–Kier alpha value is -1.75. The molecule has 0 aromatic heterocycles. The van der Waals surface area contributed by atoms with Gasteiger partial charge in [0.2, 0.25) is 5.91 Å². The summed E-state index contributed by atoms with van der Waals surface area (Å²) in [6, 6.07) is 5.29. The van der Waals surface area contributed by atoms with Gasteiger partial charge in [0.15, 0.2) is 6.10 Å². The molecule has 1 aliphatic carbocycles. The summed E-state index contributed by atoms with van der Waals surface area (Å²) < 4.78 is 5.63. The number of rotatable bonds is 7. The fourth-order valence-electron chi connectivity index (χ4n) is 2.97. The van der Waals surface area contributed by atoms with Crippen LogP contribution in [0.2, 0.25) is 5.02 Å². The van der Waals surface area contributed by atoms with Crippen LogP contribution in [-0.4, -0.2) is 31.0 Å². The van der Waals surface area contributed by atoms with Crippen LogP contribution in [0, 0.1) is 12.8 Å². The number of hydrogen-bond donors (Lipinski definition) is 2. The first-order valence-corrected chi connectivity index (χ1v) is 9.33. The van der Waals surface area contributed by atoms with Crippen molar-refractivity contribution in [1.29, 1.82) is 0 Å². The molecule has 25 heavy (non-hydrogen) atoms. The molecule has 0 bridgehead atoms. The number of benzene rings is 1. The maximum Gasteiger partial charge on any atom is 0.260 e. The first kappa shape index (κ1) is 19.6. The van der Waals surface area contributed by atoms with Gasteiger partial charge in [0.25, 0.3) is 5.91 Å². The molecule has 0 heterocycles. The molecule has 138 valence electrons. The van der Waals surface area contributed by atoms with Crippen molar-refractivity contribution in [1.82, 2.24) is 10.6 Å². The van der Waals surface area contributed by atoms with Crippen LogP contribution in [0.4, 0.5) is 0 Å². The van der Waals surface area contributed by atoms with E-state index < -0.39 is 6.10 Å². The average Bonchev–Trinajstić information content (AvgIpc) is 2.62. The van der Waals surface area contributed by atoms with Crippen molar-refractivity contribution in [2.24, 2.45) is 5.92 Å². The summed E-state index contributed by atoms with van der Waals surface area (Å²) in [6.07, 6.45) is 4.83. The van der Waals surface area contributed by atoms with Crippen LogP contribution in [0.5, 0.6) is 5.75 Å². The van der Waals surface area contributed by atoms with E-state index in [0.29, 0.717) is 23.9 Å². The van der Waals surface area contributed by atoms with E-state index in [4.69, 9.17) is 16.3 Å². The monoisotopic (exact) mass is 366 g/mol. The highest BCUT2D eigenvalue weighted by molar-refractivity contribution is 6.31. The molecule has 1 saturated carbocycles. The fourth-order valence-corrected chi connectivity index (χ4v) is 3.09. The molecule has 1 unspecified atom stereocenters. The van der Waals surface area contributed by atoms with E-state index in [2.05, 4.69) is 10.6 Å². The average molecular weight is 367 g/mol. The highest BCUT2D eigenvalue weighted by atomic mass is 35.5. The van der Waals surface area contributed by atoms with Gasteiger partial charge in [-0.25, -0.2) is 0 Å². The zero-order valence-corrected chi connectivity index (χ0v) is 15.7. The minimum Gasteiger partial charge on any atom is -0.481 e. The number of hydrogen-bond acceptors (Lipinski definition) is 3. The van der Waals surface area contributed by atoms with Gasteiger partial charge < -0.3 is 15.4 Å². The van der Waals surface area contributed by atoms with Crippen molar-refractivity contribution in [3.05, 3.63) is 28.8 Å². The molecule has 1 fully saturated rings. The van der Waals surface area contributed by atoms with Crippen LogP contribution in [0.25, 0.3) is 0 Å². The third-order valence-electron chi connectivity index (χ3n) is 4.51. The van der Waals surface area contributed by atoms with Crippen molar-refractivity contribution in [3.63, 3.8) is 0 Å². The molecule has 5 nitrogen and oxygen atoms in total. The lowest BCUT2D eigenvalue weighted by Gasteiger charge is -2.21. The van der Waals surface area contributed by atoms with Crippen molar-refractivity contribution in [2.45, 2.75) is 52.1 Å². The van der Waals surface area contributed by atoms with Crippen LogP contribution in [0.1, 0.15) is 44.6 Å². The molecule has 2 amide bonds. The summed E-state index contributed by atoms with van der Waals surface area (Å²) in [7, 11) is 0. The second-order valence-electron chi connectivity index (χ2n) is 6.59. The molecule has 1 aromatic carbocycles. The molecule has 6 heteroatoms. The molecule has 0 saturated heterocycles. The standard InChI is InChI=1S/C19H27ClN2O3/c1-13-12-16(8-9-17(13)20)25-14(2)18(23)21-10-11-22-19(24)15-6-4-3-5-7-15/h8-9,12,14-15H,3-7,10-11H2,1-2H3,(H,21,23)(H,22,24). The van der Waals surface area contributed by atoms with Crippen molar-refractivity contribution >= 4 is 23.4 Å². The van der Waals surface area contributed by atoms with Crippen LogP contribution in [0.15, 0.2) is 18.2 Å². The maximum atomic E-state index is 12.1. The highest BCUT2D eigenvalue weighted by Gasteiger charge is 2.20. The van der Waals surface area contributed by atoms with Gasteiger partial charge in [0, 0.05) is 24.0 Å². The van der Waals surface area contributed by atoms with Gasteiger partial charge in [-0.3, -0.25) is 9.59 Å². The molecule has 1 atom stereocenters. The van der Waals surface area contributed by atoms with Crippen molar-refractivity contribution in [3.8, 4) is 5.75 Å². The number of nitrogens with one attached hydrogen (secondary N) is 2. The number of halogens is 1. The summed E-state index contributed by atoms with van der Waals surface area (Å²) in [4.78, 5) is 24.1. The van der Waals surface area contributed by atoms with Gasteiger partial charge in [-0.15, -0.1) is 0 Å². The minimum absolute atomic E-state index is 0.106. The van der Waals surface area contributed by atoms with E-state index in [0.717, 1.165) is 31.2 Å². The van der Waals surface area contributed by atoms with E-state index in [-0.39, 0.29) is 17.7 Å². The highest BCUT2D eigenvalue weighted by Crippen LogP contribution is 2.23. The van der Waals surface area contributed by atoms with E-state index in [1.165, 1.54) is 6.42 Å². The maximum absolute atomic E-state index is 12.1. The second-order valence-corrected chi connectivity index (χ2v) is 7.00. The van der Waals surface area contributed by atoms with Crippen LogP contribution < -0.4 is 15.4 Å². The summed E-state index contributed by atoms with van der Waals surface area (Å²) >= 11 is 5.98. The molecule has 0 spiro atoms. The first-order valence-electron chi connectivity index (χ1n) is 8.95. The van der Waals surface area contributed by atoms with Crippen LogP contribution >= 0.6 is 11.6 Å². The predicted molar refractivity (Wildman–Crippen MR) is 98.9 cm³/mol. The molecule has 0 radical (unpaired) electrons. The van der Waals surface area contributed by atoms with E-state index in [1.807, 2.05) is 6.92 Å². The van der Waals surface area contributed by atoms with Crippen molar-refractivity contribution < 1.29 is 14.3 Å². The quantitative estimate of drug-likeness (QED) is 0.728. The zero-order chi connectivity index (χ0) is 18.2. The number of ether oxygens (including phenoxy) is 1. The molecule has 2 N–H and O–H groups in total. The van der Waals surface area contributed by atoms with Crippen molar-refractivity contribution in [2.75, 3.05) is 13.1 Å². The van der Waals surface area contributed by atoms with E-state index in [9.17, 15) is 9.59 Å². The lowest BCUT2D eigenvalue weighted by Crippen LogP contribution is -2.42. The fraction of sp³-hybridized carbons (Fsp3) is 0.579. The predicted octanol–water partition coefficient (Wildman–Crippen LogP) is 3.23. The molecule has 1 aliphatic rings. The Morgan fingerprint density at radius 3 is 2.56 bits per heavy atom. The first-order chi connectivity index (χ1) is 12.0. The van der Waals surface area contributed by atoms with Gasteiger partial charge in [0.05, 0.1) is 0 Å². The molecular weight excluding hydrogens is 340 g/mol. The number of amides is 2. The smallest absolute Gasteiger partial charge is 0.260 e. The third-order valence-corrected chi connectivity index (χ3v) is 4.93. The Balaban J connectivity index is 1.66.